The Morgan fingerprint density at radius 3 is 2.60 bits per heavy atom. The van der Waals surface area contributed by atoms with E-state index in [-0.39, 0.29) is 29.7 Å². The minimum Gasteiger partial charge on any atom is -0.464 e. The van der Waals surface area contributed by atoms with E-state index in [0.29, 0.717) is 0 Å². The van der Waals surface area contributed by atoms with Crippen LogP contribution in [0.25, 0.3) is 0 Å². The van der Waals surface area contributed by atoms with E-state index < -0.39 is 23.7 Å². The molecule has 0 aliphatic heterocycles. The van der Waals surface area contributed by atoms with Crippen molar-refractivity contribution in [2.24, 2.45) is 5.92 Å². The van der Waals surface area contributed by atoms with Crippen molar-refractivity contribution in [1.82, 2.24) is 5.32 Å². The lowest BCUT2D eigenvalue weighted by molar-refractivity contribution is -0.144. The Hall–Kier alpha value is -2.44. The molecule has 0 spiro atoms. The van der Waals surface area contributed by atoms with Crippen molar-refractivity contribution in [1.29, 1.82) is 0 Å². The number of halogens is 1. The van der Waals surface area contributed by atoms with Gasteiger partial charge in [-0.25, -0.2) is 9.18 Å². The molecule has 25 heavy (non-hydrogen) atoms. The average molecular weight is 350 g/mol. The number of hydrogen-bond donors (Lipinski definition) is 2. The molecule has 0 saturated heterocycles. The van der Waals surface area contributed by atoms with E-state index in [1.807, 2.05) is 0 Å². The van der Waals surface area contributed by atoms with E-state index in [2.05, 4.69) is 10.6 Å². The number of anilines is 1. The monoisotopic (exact) mass is 350 g/mol. The van der Waals surface area contributed by atoms with E-state index in [1.165, 1.54) is 25.1 Å². The van der Waals surface area contributed by atoms with Crippen molar-refractivity contribution >= 4 is 23.5 Å². The number of benzene rings is 1. The molecule has 136 valence electrons. The Balaban J connectivity index is 2.14. The van der Waals surface area contributed by atoms with Crippen molar-refractivity contribution in [3.63, 3.8) is 0 Å². The summed E-state index contributed by atoms with van der Waals surface area (Å²) in [5.41, 5.74) is -0.185. The number of carbonyl (C=O) groups is 3. The quantitative estimate of drug-likeness (QED) is 0.773. The van der Waals surface area contributed by atoms with Gasteiger partial charge in [-0.3, -0.25) is 9.59 Å². The van der Waals surface area contributed by atoms with Gasteiger partial charge in [-0.05, 0) is 38.8 Å². The second-order valence-corrected chi connectivity index (χ2v) is 6.08. The Kier molecular flexibility index (Phi) is 6.50. The minimum absolute atomic E-state index is 0.0255. The molecule has 1 fully saturated rings. The summed E-state index contributed by atoms with van der Waals surface area (Å²) in [6.07, 6.45) is 3.48. The van der Waals surface area contributed by atoms with Crippen LogP contribution in [0.1, 0.15) is 49.9 Å². The normalized spacial score (nSPS) is 15.5. The Morgan fingerprint density at radius 1 is 1.28 bits per heavy atom. The summed E-state index contributed by atoms with van der Waals surface area (Å²) in [4.78, 5) is 36.3. The lowest BCUT2D eigenvalue weighted by atomic mass is 10.1. The molecule has 1 aromatic rings. The highest BCUT2D eigenvalue weighted by molar-refractivity contribution is 6.05. The molecule has 1 aromatic carbocycles. The van der Waals surface area contributed by atoms with Gasteiger partial charge in [0, 0.05) is 5.92 Å². The predicted molar refractivity (Wildman–Crippen MR) is 90.5 cm³/mol. The number of nitrogens with one attached hydrogen (secondary N) is 2. The van der Waals surface area contributed by atoms with Gasteiger partial charge in [-0.1, -0.05) is 18.9 Å². The largest absolute Gasteiger partial charge is 0.464 e. The zero-order valence-electron chi connectivity index (χ0n) is 14.4. The molecule has 0 aromatic heterocycles. The predicted octanol–water partition coefficient (Wildman–Crippen LogP) is 2.64. The molecule has 2 amide bonds. The van der Waals surface area contributed by atoms with Crippen LogP contribution in [0.4, 0.5) is 10.1 Å². The Bertz CT molecular complexity index is 656. The standard InChI is InChI=1S/C18H23FN2O4/c1-3-25-18(24)11(2)20-17(23)13-9-6-10-14(19)15(13)21-16(22)12-7-4-5-8-12/h6,9-12H,3-5,7-8H2,1-2H3,(H,20,23)(H,21,22). The summed E-state index contributed by atoms with van der Waals surface area (Å²) in [5, 5.41) is 5.00. The van der Waals surface area contributed by atoms with E-state index in [1.54, 1.807) is 6.92 Å². The number of ether oxygens (including phenoxy) is 1. The maximum absolute atomic E-state index is 14.2. The summed E-state index contributed by atoms with van der Waals surface area (Å²) in [6.45, 7) is 3.34. The average Bonchev–Trinajstić information content (AvgIpc) is 3.11. The van der Waals surface area contributed by atoms with Crippen LogP contribution >= 0.6 is 0 Å². The Labute approximate surface area is 146 Å². The summed E-state index contributed by atoms with van der Waals surface area (Å²) in [6, 6.07) is 3.08. The highest BCUT2D eigenvalue weighted by Crippen LogP contribution is 2.27. The zero-order chi connectivity index (χ0) is 18.4. The van der Waals surface area contributed by atoms with Crippen LogP contribution in [0.15, 0.2) is 18.2 Å². The first-order valence-corrected chi connectivity index (χ1v) is 8.51. The summed E-state index contributed by atoms with van der Waals surface area (Å²) in [5.74, 6) is -2.36. The molecule has 0 bridgehead atoms. The fourth-order valence-electron chi connectivity index (χ4n) is 2.85. The first-order valence-electron chi connectivity index (χ1n) is 8.51. The van der Waals surface area contributed by atoms with Crippen LogP contribution in [-0.2, 0) is 14.3 Å². The van der Waals surface area contributed by atoms with Gasteiger partial charge >= 0.3 is 5.97 Å². The molecule has 0 heterocycles. The third-order valence-corrected chi connectivity index (χ3v) is 4.22. The fourth-order valence-corrected chi connectivity index (χ4v) is 2.85. The topological polar surface area (TPSA) is 84.5 Å². The summed E-state index contributed by atoms with van der Waals surface area (Å²) >= 11 is 0. The highest BCUT2D eigenvalue weighted by atomic mass is 19.1. The molecule has 0 radical (unpaired) electrons. The van der Waals surface area contributed by atoms with Gasteiger partial charge in [0.2, 0.25) is 5.91 Å². The lowest BCUT2D eigenvalue weighted by Gasteiger charge is -2.17. The minimum atomic E-state index is -0.880. The molecule has 2 N–H and O–H groups in total. The van der Waals surface area contributed by atoms with Crippen molar-refractivity contribution in [3.05, 3.63) is 29.6 Å². The van der Waals surface area contributed by atoms with Crippen LogP contribution in [0.3, 0.4) is 0 Å². The van der Waals surface area contributed by atoms with Gasteiger partial charge < -0.3 is 15.4 Å². The van der Waals surface area contributed by atoms with E-state index in [0.717, 1.165) is 25.7 Å². The summed E-state index contributed by atoms with van der Waals surface area (Å²) in [7, 11) is 0. The fraction of sp³-hybridized carbons (Fsp3) is 0.500. The molecule has 1 atom stereocenters. The van der Waals surface area contributed by atoms with Gasteiger partial charge in [0.25, 0.3) is 5.91 Å². The number of para-hydroxylation sites is 1. The van der Waals surface area contributed by atoms with Gasteiger partial charge in [0.15, 0.2) is 0 Å². The van der Waals surface area contributed by atoms with Gasteiger partial charge in [0.05, 0.1) is 17.9 Å². The van der Waals surface area contributed by atoms with E-state index in [9.17, 15) is 18.8 Å². The van der Waals surface area contributed by atoms with Crippen molar-refractivity contribution in [3.8, 4) is 0 Å². The summed E-state index contributed by atoms with van der Waals surface area (Å²) < 4.78 is 19.0. The highest BCUT2D eigenvalue weighted by Gasteiger charge is 2.26. The maximum atomic E-state index is 14.2. The molecule has 1 aliphatic carbocycles. The third kappa shape index (κ3) is 4.78. The van der Waals surface area contributed by atoms with Crippen LogP contribution in [0.5, 0.6) is 0 Å². The number of amides is 2. The van der Waals surface area contributed by atoms with Crippen molar-refractivity contribution in [2.45, 2.75) is 45.6 Å². The van der Waals surface area contributed by atoms with Crippen molar-refractivity contribution < 1.29 is 23.5 Å². The number of carbonyl (C=O) groups excluding carboxylic acids is 3. The molecule has 2 rings (SSSR count). The molecule has 1 saturated carbocycles. The SMILES string of the molecule is CCOC(=O)C(C)NC(=O)c1cccc(F)c1NC(=O)C1CCCC1. The first kappa shape index (κ1) is 18.9. The second-order valence-electron chi connectivity index (χ2n) is 6.08. The molecular weight excluding hydrogens is 327 g/mol. The first-order chi connectivity index (χ1) is 11.9. The van der Waals surface area contributed by atoms with Crippen LogP contribution in [-0.4, -0.2) is 30.4 Å². The van der Waals surface area contributed by atoms with Crippen LogP contribution in [0, 0.1) is 11.7 Å². The van der Waals surface area contributed by atoms with Gasteiger partial charge in [0.1, 0.15) is 11.9 Å². The number of hydrogen-bond acceptors (Lipinski definition) is 4. The van der Waals surface area contributed by atoms with E-state index >= 15 is 0 Å². The second kappa shape index (κ2) is 8.60. The molecule has 1 aliphatic rings. The van der Waals surface area contributed by atoms with Gasteiger partial charge in [-0.2, -0.15) is 0 Å². The smallest absolute Gasteiger partial charge is 0.328 e. The molecule has 7 heteroatoms. The van der Waals surface area contributed by atoms with Crippen LogP contribution < -0.4 is 10.6 Å². The van der Waals surface area contributed by atoms with Crippen molar-refractivity contribution in [2.75, 3.05) is 11.9 Å². The Morgan fingerprint density at radius 2 is 1.96 bits per heavy atom. The van der Waals surface area contributed by atoms with Gasteiger partial charge in [-0.15, -0.1) is 0 Å². The molecular formula is C18H23FN2O4. The van der Waals surface area contributed by atoms with E-state index in [4.69, 9.17) is 4.74 Å². The maximum Gasteiger partial charge on any atom is 0.328 e. The van der Waals surface area contributed by atoms with Crippen LogP contribution in [0.2, 0.25) is 0 Å². The third-order valence-electron chi connectivity index (χ3n) is 4.22. The lowest BCUT2D eigenvalue weighted by Crippen LogP contribution is -2.40. The molecule has 6 nitrogen and oxygen atoms in total. The zero-order valence-corrected chi connectivity index (χ0v) is 14.4. The number of rotatable bonds is 6. The number of esters is 1. The molecule has 1 unspecified atom stereocenters.